The van der Waals surface area contributed by atoms with Crippen molar-refractivity contribution in [1.82, 2.24) is 4.90 Å². The number of rotatable bonds is 5. The standard InChI is InChI=1S/C22H11F5N2O4S/c23-10-1-3-12(14(25)7-10)16-6-2-11(33-16)8-17-21(31)29(22(32)34-17)9-18(30)28-15-5-4-13(24)19(26)20(15)27/h1-8H,9H2,(H,28,30)/b17-8+. The Morgan fingerprint density at radius 1 is 0.971 bits per heavy atom. The van der Waals surface area contributed by atoms with Gasteiger partial charge in [0.1, 0.15) is 29.7 Å². The minimum absolute atomic E-state index is 0.0183. The largest absolute Gasteiger partial charge is 0.457 e. The molecule has 0 atom stereocenters. The van der Waals surface area contributed by atoms with E-state index in [9.17, 15) is 36.3 Å². The summed E-state index contributed by atoms with van der Waals surface area (Å²) in [5.74, 6) is -8.24. The summed E-state index contributed by atoms with van der Waals surface area (Å²) in [6.45, 7) is -0.815. The van der Waals surface area contributed by atoms with Crippen molar-refractivity contribution in [2.24, 2.45) is 0 Å². The second-order valence-electron chi connectivity index (χ2n) is 6.87. The Hall–Kier alpha value is -3.93. The number of nitrogens with one attached hydrogen (secondary N) is 1. The Bertz CT molecular complexity index is 1370. The third-order valence-corrected chi connectivity index (χ3v) is 5.49. The van der Waals surface area contributed by atoms with Crippen LogP contribution < -0.4 is 5.32 Å². The van der Waals surface area contributed by atoms with Crippen LogP contribution in [-0.2, 0) is 9.59 Å². The minimum Gasteiger partial charge on any atom is -0.457 e. The zero-order chi connectivity index (χ0) is 24.6. The van der Waals surface area contributed by atoms with Crippen molar-refractivity contribution in [2.75, 3.05) is 11.9 Å². The fourth-order valence-electron chi connectivity index (χ4n) is 2.99. The first kappa shape index (κ1) is 23.2. The Balaban J connectivity index is 1.47. The zero-order valence-electron chi connectivity index (χ0n) is 16.7. The summed E-state index contributed by atoms with van der Waals surface area (Å²) >= 11 is 0.494. The summed E-state index contributed by atoms with van der Waals surface area (Å²) in [7, 11) is 0. The molecule has 2 heterocycles. The van der Waals surface area contributed by atoms with Crippen LogP contribution in [0.1, 0.15) is 5.76 Å². The molecular weight excluding hydrogens is 483 g/mol. The number of carbonyl (C=O) groups excluding carboxylic acids is 3. The average molecular weight is 494 g/mol. The average Bonchev–Trinajstić information content (AvgIpc) is 3.34. The van der Waals surface area contributed by atoms with E-state index in [1.807, 2.05) is 5.32 Å². The second-order valence-corrected chi connectivity index (χ2v) is 7.86. The maximum absolute atomic E-state index is 13.9. The van der Waals surface area contributed by atoms with Crippen LogP contribution in [0, 0.1) is 29.1 Å². The molecule has 2 aromatic carbocycles. The molecule has 12 heteroatoms. The topological polar surface area (TPSA) is 79.6 Å². The van der Waals surface area contributed by atoms with Crippen LogP contribution in [0.5, 0.6) is 0 Å². The van der Waals surface area contributed by atoms with Crippen molar-refractivity contribution < 1.29 is 40.8 Å². The first-order valence-corrected chi connectivity index (χ1v) is 10.2. The van der Waals surface area contributed by atoms with E-state index in [0.717, 1.165) is 12.1 Å². The number of halogens is 5. The highest BCUT2D eigenvalue weighted by Gasteiger charge is 2.36. The van der Waals surface area contributed by atoms with Gasteiger partial charge in [0.15, 0.2) is 17.5 Å². The van der Waals surface area contributed by atoms with Crippen LogP contribution in [0.3, 0.4) is 0 Å². The van der Waals surface area contributed by atoms with Crippen molar-refractivity contribution >= 4 is 40.6 Å². The van der Waals surface area contributed by atoms with Crippen LogP contribution in [0.4, 0.5) is 32.4 Å². The molecular formula is C22H11F5N2O4S. The van der Waals surface area contributed by atoms with Gasteiger partial charge < -0.3 is 9.73 Å². The van der Waals surface area contributed by atoms with Crippen molar-refractivity contribution in [3.05, 3.63) is 82.2 Å². The molecule has 3 aromatic rings. The molecule has 174 valence electrons. The van der Waals surface area contributed by atoms with Crippen LogP contribution in [-0.4, -0.2) is 28.5 Å². The molecule has 0 bridgehead atoms. The fraction of sp³-hybridized carbons (Fsp3) is 0.0455. The molecule has 4 rings (SSSR count). The number of carbonyl (C=O) groups is 3. The number of benzene rings is 2. The predicted octanol–water partition coefficient (Wildman–Crippen LogP) is 5.32. The van der Waals surface area contributed by atoms with Crippen molar-refractivity contribution in [1.29, 1.82) is 0 Å². The Morgan fingerprint density at radius 2 is 1.74 bits per heavy atom. The van der Waals surface area contributed by atoms with E-state index < -0.39 is 58.4 Å². The van der Waals surface area contributed by atoms with Gasteiger partial charge in [-0.1, -0.05) is 0 Å². The van der Waals surface area contributed by atoms with Gasteiger partial charge in [0.25, 0.3) is 11.1 Å². The van der Waals surface area contributed by atoms with E-state index in [4.69, 9.17) is 4.42 Å². The molecule has 1 saturated heterocycles. The van der Waals surface area contributed by atoms with Crippen LogP contribution in [0.25, 0.3) is 17.4 Å². The molecule has 6 nitrogen and oxygen atoms in total. The molecule has 1 aliphatic rings. The highest BCUT2D eigenvalue weighted by molar-refractivity contribution is 8.18. The minimum atomic E-state index is -1.79. The van der Waals surface area contributed by atoms with Crippen LogP contribution in [0.15, 0.2) is 51.8 Å². The van der Waals surface area contributed by atoms with Crippen molar-refractivity contribution in [3.63, 3.8) is 0 Å². The lowest BCUT2D eigenvalue weighted by Crippen LogP contribution is -2.36. The van der Waals surface area contributed by atoms with Gasteiger partial charge in [-0.15, -0.1) is 0 Å². The summed E-state index contributed by atoms with van der Waals surface area (Å²) < 4.78 is 72.5. The maximum Gasteiger partial charge on any atom is 0.294 e. The Labute approximate surface area is 192 Å². The molecule has 0 saturated carbocycles. The van der Waals surface area contributed by atoms with E-state index in [1.54, 1.807) is 0 Å². The molecule has 1 aliphatic heterocycles. The first-order valence-electron chi connectivity index (χ1n) is 9.38. The van der Waals surface area contributed by atoms with E-state index in [0.29, 0.717) is 28.8 Å². The van der Waals surface area contributed by atoms with E-state index in [-0.39, 0.29) is 22.0 Å². The smallest absolute Gasteiger partial charge is 0.294 e. The van der Waals surface area contributed by atoms with E-state index in [2.05, 4.69) is 0 Å². The number of hydrogen-bond donors (Lipinski definition) is 1. The normalized spacial score (nSPS) is 14.9. The summed E-state index contributed by atoms with van der Waals surface area (Å²) in [5, 5.41) is 1.15. The van der Waals surface area contributed by atoms with Gasteiger partial charge in [0.05, 0.1) is 16.2 Å². The quantitative estimate of drug-likeness (QED) is 0.295. The Morgan fingerprint density at radius 3 is 2.47 bits per heavy atom. The molecule has 1 N–H and O–H groups in total. The number of furan rings is 1. The number of hydrogen-bond acceptors (Lipinski definition) is 5. The third kappa shape index (κ3) is 4.57. The van der Waals surface area contributed by atoms with Crippen molar-refractivity contribution in [2.45, 2.75) is 0 Å². The lowest BCUT2D eigenvalue weighted by Gasteiger charge is -2.13. The van der Waals surface area contributed by atoms with Gasteiger partial charge in [-0.05, 0) is 48.2 Å². The van der Waals surface area contributed by atoms with Gasteiger partial charge in [-0.25, -0.2) is 22.0 Å². The number of anilines is 1. The second kappa shape index (κ2) is 9.14. The molecule has 0 aliphatic carbocycles. The highest BCUT2D eigenvalue weighted by Crippen LogP contribution is 2.34. The lowest BCUT2D eigenvalue weighted by molar-refractivity contribution is -0.127. The lowest BCUT2D eigenvalue weighted by atomic mass is 10.1. The third-order valence-electron chi connectivity index (χ3n) is 4.58. The SMILES string of the molecule is O=C(CN1C(=O)S/C(=C/c2ccc(-c3ccc(F)cc3F)o2)C1=O)Nc1ccc(F)c(F)c1F. The fourth-order valence-corrected chi connectivity index (χ4v) is 3.80. The zero-order valence-corrected chi connectivity index (χ0v) is 17.5. The van der Waals surface area contributed by atoms with Gasteiger partial charge in [-0.3, -0.25) is 19.3 Å². The first-order chi connectivity index (χ1) is 16.1. The van der Waals surface area contributed by atoms with Gasteiger partial charge in [-0.2, -0.15) is 0 Å². The number of amides is 3. The molecule has 0 spiro atoms. The number of imide groups is 1. The Kier molecular flexibility index (Phi) is 6.24. The molecule has 1 fully saturated rings. The van der Waals surface area contributed by atoms with Gasteiger partial charge in [0.2, 0.25) is 5.91 Å². The molecule has 0 unspecified atom stereocenters. The number of thioether (sulfide) groups is 1. The van der Waals surface area contributed by atoms with Gasteiger partial charge in [0, 0.05) is 12.1 Å². The summed E-state index contributed by atoms with van der Waals surface area (Å²) in [5.41, 5.74) is -0.683. The molecule has 1 aromatic heterocycles. The van der Waals surface area contributed by atoms with E-state index in [1.165, 1.54) is 24.3 Å². The molecule has 3 amide bonds. The summed E-state index contributed by atoms with van der Waals surface area (Å²) in [4.78, 5) is 37.3. The predicted molar refractivity (Wildman–Crippen MR) is 112 cm³/mol. The molecule has 0 radical (unpaired) electrons. The van der Waals surface area contributed by atoms with Gasteiger partial charge >= 0.3 is 0 Å². The van der Waals surface area contributed by atoms with Crippen LogP contribution >= 0.6 is 11.8 Å². The maximum atomic E-state index is 13.9. The number of nitrogens with zero attached hydrogens (tertiary/aromatic N) is 1. The highest BCUT2D eigenvalue weighted by atomic mass is 32.2. The van der Waals surface area contributed by atoms with Crippen molar-refractivity contribution in [3.8, 4) is 11.3 Å². The summed E-state index contributed by atoms with van der Waals surface area (Å²) in [6.07, 6.45) is 1.20. The monoisotopic (exact) mass is 494 g/mol. The van der Waals surface area contributed by atoms with E-state index >= 15 is 0 Å². The van der Waals surface area contributed by atoms with Crippen LogP contribution in [0.2, 0.25) is 0 Å². The molecule has 34 heavy (non-hydrogen) atoms. The summed E-state index contributed by atoms with van der Waals surface area (Å²) in [6, 6.07) is 7.07.